The fourth-order valence-corrected chi connectivity index (χ4v) is 3.23. The molecule has 0 saturated heterocycles. The highest BCUT2D eigenvalue weighted by Gasteiger charge is 2.13. The van der Waals surface area contributed by atoms with Crippen LogP contribution in [0.4, 0.5) is 10.1 Å². The van der Waals surface area contributed by atoms with Gasteiger partial charge in [0.1, 0.15) is 12.4 Å². The molecule has 0 unspecified atom stereocenters. The summed E-state index contributed by atoms with van der Waals surface area (Å²) in [7, 11) is 0. The highest BCUT2D eigenvalue weighted by atomic mass is 79.9. The summed E-state index contributed by atoms with van der Waals surface area (Å²) in [5, 5.41) is 3.80. The predicted octanol–water partition coefficient (Wildman–Crippen LogP) is 6.83. The van der Waals surface area contributed by atoms with Gasteiger partial charge in [-0.15, -0.1) is 0 Å². The summed E-state index contributed by atoms with van der Waals surface area (Å²) in [5.41, 5.74) is 2.69. The zero-order chi connectivity index (χ0) is 19.9. The number of halogens is 3. The van der Waals surface area contributed by atoms with Crippen molar-refractivity contribution >= 4 is 33.2 Å². The number of hydrogen-bond donors (Lipinski definition) is 1. The van der Waals surface area contributed by atoms with Crippen LogP contribution in [0.3, 0.4) is 0 Å². The van der Waals surface area contributed by atoms with E-state index in [1.54, 1.807) is 12.1 Å². The average Bonchev–Trinajstić information content (AvgIpc) is 2.67. The first-order valence-corrected chi connectivity index (χ1v) is 10.0. The monoisotopic (exact) mass is 463 g/mol. The number of rotatable bonds is 8. The Balaban J connectivity index is 1.74. The molecule has 3 aromatic rings. The normalized spacial score (nSPS) is 10.6. The fourth-order valence-electron chi connectivity index (χ4n) is 2.68. The van der Waals surface area contributed by atoms with E-state index in [0.29, 0.717) is 29.7 Å². The molecule has 3 rings (SSSR count). The van der Waals surface area contributed by atoms with Crippen LogP contribution in [0.5, 0.6) is 11.5 Å². The van der Waals surface area contributed by atoms with Crippen LogP contribution in [0.15, 0.2) is 65.1 Å². The number of hydrogen-bond acceptors (Lipinski definition) is 3. The summed E-state index contributed by atoms with van der Waals surface area (Å²) in [4.78, 5) is 0. The Morgan fingerprint density at radius 1 is 1.00 bits per heavy atom. The molecule has 0 bridgehead atoms. The molecular weight excluding hydrogens is 445 g/mol. The maximum atomic E-state index is 13.4. The highest BCUT2D eigenvalue weighted by Crippen LogP contribution is 2.37. The van der Waals surface area contributed by atoms with Crippen molar-refractivity contribution in [3.05, 3.63) is 87.1 Å². The smallest absolute Gasteiger partial charge is 0.180 e. The Morgan fingerprint density at radius 3 is 2.50 bits per heavy atom. The van der Waals surface area contributed by atoms with Gasteiger partial charge in [-0.2, -0.15) is 0 Å². The Morgan fingerprint density at radius 2 is 1.79 bits per heavy atom. The van der Waals surface area contributed by atoms with Crippen LogP contribution in [0.25, 0.3) is 0 Å². The topological polar surface area (TPSA) is 30.5 Å². The quantitative estimate of drug-likeness (QED) is 0.396. The third-order valence-electron chi connectivity index (χ3n) is 3.98. The van der Waals surface area contributed by atoms with Gasteiger partial charge in [-0.25, -0.2) is 4.39 Å². The van der Waals surface area contributed by atoms with Crippen molar-refractivity contribution in [3.8, 4) is 11.5 Å². The maximum Gasteiger partial charge on any atom is 0.180 e. The molecule has 3 aromatic carbocycles. The molecule has 0 fully saturated rings. The molecule has 0 radical (unpaired) electrons. The van der Waals surface area contributed by atoms with E-state index in [4.69, 9.17) is 21.1 Å². The predicted molar refractivity (Wildman–Crippen MR) is 115 cm³/mol. The summed E-state index contributed by atoms with van der Waals surface area (Å²) >= 11 is 9.88. The van der Waals surface area contributed by atoms with Gasteiger partial charge in [0.05, 0.1) is 11.6 Å². The van der Waals surface area contributed by atoms with Gasteiger partial charge in [0.15, 0.2) is 11.5 Å². The van der Waals surface area contributed by atoms with Gasteiger partial charge >= 0.3 is 0 Å². The SMILES string of the molecule is CCOc1cc(CNc2ccc(Br)cc2)cc(Cl)c1OCc1cccc(F)c1. The largest absolute Gasteiger partial charge is 0.490 e. The van der Waals surface area contributed by atoms with Crippen molar-refractivity contribution in [1.29, 1.82) is 0 Å². The minimum absolute atomic E-state index is 0.202. The lowest BCUT2D eigenvalue weighted by molar-refractivity contribution is 0.269. The first kappa shape index (κ1) is 20.5. The minimum atomic E-state index is -0.299. The number of benzene rings is 3. The summed E-state index contributed by atoms with van der Waals surface area (Å²) in [6.07, 6.45) is 0. The van der Waals surface area contributed by atoms with Gasteiger partial charge in [0, 0.05) is 16.7 Å². The molecule has 6 heteroatoms. The van der Waals surface area contributed by atoms with E-state index in [2.05, 4.69) is 21.2 Å². The van der Waals surface area contributed by atoms with Gasteiger partial charge in [0.2, 0.25) is 0 Å². The van der Waals surface area contributed by atoms with Crippen LogP contribution in [-0.2, 0) is 13.2 Å². The summed E-state index contributed by atoms with van der Waals surface area (Å²) < 4.78 is 25.9. The first-order valence-electron chi connectivity index (χ1n) is 8.87. The Kier molecular flexibility index (Phi) is 7.18. The minimum Gasteiger partial charge on any atom is -0.490 e. The molecule has 0 amide bonds. The van der Waals surface area contributed by atoms with Gasteiger partial charge in [-0.3, -0.25) is 0 Å². The summed E-state index contributed by atoms with van der Waals surface area (Å²) in [6.45, 7) is 3.17. The lowest BCUT2D eigenvalue weighted by Crippen LogP contribution is -2.04. The van der Waals surface area contributed by atoms with Crippen LogP contribution in [0, 0.1) is 5.82 Å². The average molecular weight is 465 g/mol. The van der Waals surface area contributed by atoms with Gasteiger partial charge in [0.25, 0.3) is 0 Å². The maximum absolute atomic E-state index is 13.4. The van der Waals surface area contributed by atoms with E-state index in [1.807, 2.05) is 43.3 Å². The highest BCUT2D eigenvalue weighted by molar-refractivity contribution is 9.10. The van der Waals surface area contributed by atoms with E-state index in [-0.39, 0.29) is 12.4 Å². The lowest BCUT2D eigenvalue weighted by atomic mass is 10.2. The summed E-state index contributed by atoms with van der Waals surface area (Å²) in [5.74, 6) is 0.728. The number of ether oxygens (including phenoxy) is 2. The van der Waals surface area contributed by atoms with Crippen LogP contribution >= 0.6 is 27.5 Å². The molecule has 0 aliphatic carbocycles. The molecule has 0 heterocycles. The Labute approximate surface area is 177 Å². The van der Waals surface area contributed by atoms with Crippen LogP contribution < -0.4 is 14.8 Å². The van der Waals surface area contributed by atoms with Crippen LogP contribution in [0.1, 0.15) is 18.1 Å². The zero-order valence-corrected chi connectivity index (χ0v) is 17.7. The molecule has 0 atom stereocenters. The molecule has 0 saturated carbocycles. The fraction of sp³-hybridized carbons (Fsp3) is 0.182. The number of nitrogens with one attached hydrogen (secondary N) is 1. The summed E-state index contributed by atoms with van der Waals surface area (Å²) in [6, 6.07) is 18.0. The molecule has 0 aliphatic heterocycles. The van der Waals surface area contributed by atoms with Crippen molar-refractivity contribution in [2.75, 3.05) is 11.9 Å². The number of anilines is 1. The van der Waals surface area contributed by atoms with Crippen molar-refractivity contribution in [3.63, 3.8) is 0 Å². The van der Waals surface area contributed by atoms with Gasteiger partial charge in [-0.1, -0.05) is 39.7 Å². The molecular formula is C22H20BrClFNO2. The van der Waals surface area contributed by atoms with Crippen molar-refractivity contribution in [2.45, 2.75) is 20.1 Å². The molecule has 1 N–H and O–H groups in total. The second-order valence-corrected chi connectivity index (χ2v) is 7.44. The van der Waals surface area contributed by atoms with E-state index >= 15 is 0 Å². The third kappa shape index (κ3) is 5.63. The van der Waals surface area contributed by atoms with Crippen molar-refractivity contribution in [1.82, 2.24) is 0 Å². The molecule has 0 aromatic heterocycles. The second-order valence-electron chi connectivity index (χ2n) is 6.12. The molecule has 28 heavy (non-hydrogen) atoms. The van der Waals surface area contributed by atoms with Crippen LogP contribution in [-0.4, -0.2) is 6.61 Å². The standard InChI is InChI=1S/C22H20BrClFNO2/c1-2-27-21-12-16(13-26-19-8-6-17(23)7-9-19)11-20(24)22(21)28-14-15-4-3-5-18(25)10-15/h3-12,26H,2,13-14H2,1H3. The van der Waals surface area contributed by atoms with Crippen molar-refractivity contribution in [2.24, 2.45) is 0 Å². The van der Waals surface area contributed by atoms with E-state index in [0.717, 1.165) is 21.3 Å². The van der Waals surface area contributed by atoms with E-state index < -0.39 is 0 Å². The van der Waals surface area contributed by atoms with E-state index in [1.165, 1.54) is 12.1 Å². The Hall–Kier alpha value is -2.24. The van der Waals surface area contributed by atoms with Gasteiger partial charge < -0.3 is 14.8 Å². The van der Waals surface area contributed by atoms with E-state index in [9.17, 15) is 4.39 Å². The lowest BCUT2D eigenvalue weighted by Gasteiger charge is -2.16. The van der Waals surface area contributed by atoms with Crippen molar-refractivity contribution < 1.29 is 13.9 Å². The first-order chi connectivity index (χ1) is 13.5. The molecule has 0 spiro atoms. The Bertz CT molecular complexity index is 934. The second kappa shape index (κ2) is 9.80. The zero-order valence-electron chi connectivity index (χ0n) is 15.3. The molecule has 0 aliphatic rings. The van der Waals surface area contributed by atoms with Gasteiger partial charge in [-0.05, 0) is 66.6 Å². The van der Waals surface area contributed by atoms with Crippen LogP contribution in [0.2, 0.25) is 5.02 Å². The molecule has 146 valence electrons. The molecule has 3 nitrogen and oxygen atoms in total. The third-order valence-corrected chi connectivity index (χ3v) is 4.79.